The number of carbonyl (C=O) groups excluding carboxylic acids is 2. The molecule has 1 aliphatic rings. The largest absolute Gasteiger partial charge is 0.369 e. The molecule has 2 heterocycles. The third-order valence-electron chi connectivity index (χ3n) is 10.5. The number of rotatable bonds is 10. The summed E-state index contributed by atoms with van der Waals surface area (Å²) < 4.78 is 30.3. The molecule has 0 spiro atoms. The second-order valence-corrected chi connectivity index (χ2v) is 14.0. The van der Waals surface area contributed by atoms with E-state index in [2.05, 4.69) is 10.2 Å². The van der Waals surface area contributed by atoms with Crippen LogP contribution in [0.4, 0.5) is 26.0 Å². The first-order valence-corrected chi connectivity index (χ1v) is 18.4. The van der Waals surface area contributed by atoms with Gasteiger partial charge in [0.1, 0.15) is 22.7 Å². The number of piperazine rings is 1. The van der Waals surface area contributed by atoms with E-state index in [9.17, 15) is 28.5 Å². The third-order valence-corrected chi connectivity index (χ3v) is 10.5. The van der Waals surface area contributed by atoms with E-state index in [0.29, 0.717) is 35.7 Å². The number of hydrogen-bond donors (Lipinski definition) is 1. The Morgan fingerprint density at radius 3 is 1.81 bits per heavy atom. The molecular weight excluding hydrogens is 727 g/mol. The van der Waals surface area contributed by atoms with Gasteiger partial charge in [0.25, 0.3) is 11.6 Å². The molecule has 57 heavy (non-hydrogen) atoms. The predicted octanol–water partition coefficient (Wildman–Crippen LogP) is 8.30. The number of carbonyl (C=O) groups is 2. The minimum atomic E-state index is -1.15. The van der Waals surface area contributed by atoms with E-state index >= 15 is 0 Å². The number of halogens is 2. The van der Waals surface area contributed by atoms with Crippen molar-refractivity contribution in [3.63, 3.8) is 0 Å². The lowest BCUT2D eigenvalue weighted by molar-refractivity contribution is -0.385. The van der Waals surface area contributed by atoms with Gasteiger partial charge in [0.15, 0.2) is 11.6 Å². The Kier molecular flexibility index (Phi) is 9.86. The molecular formula is C45H36F2N6O4. The number of benzene rings is 6. The van der Waals surface area contributed by atoms with E-state index in [0.717, 1.165) is 41.9 Å². The molecule has 1 aliphatic heterocycles. The van der Waals surface area contributed by atoms with Gasteiger partial charge < -0.3 is 15.1 Å². The van der Waals surface area contributed by atoms with Crippen LogP contribution in [0.1, 0.15) is 43.0 Å². The Morgan fingerprint density at radius 2 is 1.26 bits per heavy atom. The number of amides is 1. The minimum Gasteiger partial charge on any atom is -0.369 e. The van der Waals surface area contributed by atoms with Gasteiger partial charge in [0.05, 0.1) is 10.4 Å². The number of nitro groups is 1. The Morgan fingerprint density at radius 1 is 0.702 bits per heavy atom. The number of ketones is 1. The van der Waals surface area contributed by atoms with Crippen molar-refractivity contribution in [2.75, 3.05) is 43.4 Å². The second kappa shape index (κ2) is 15.2. The van der Waals surface area contributed by atoms with Crippen molar-refractivity contribution in [2.45, 2.75) is 5.54 Å². The molecule has 1 aromatic heterocycles. The van der Waals surface area contributed by atoms with Crippen LogP contribution in [0, 0.1) is 21.7 Å². The number of nitro benzene ring substituents is 1. The fourth-order valence-corrected chi connectivity index (χ4v) is 7.66. The Bertz CT molecular complexity index is 2510. The van der Waals surface area contributed by atoms with E-state index < -0.39 is 33.8 Å². The van der Waals surface area contributed by atoms with Gasteiger partial charge in [-0.25, -0.2) is 13.5 Å². The van der Waals surface area contributed by atoms with Crippen LogP contribution < -0.4 is 10.2 Å². The fraction of sp³-hybridized carbons (Fsp3) is 0.133. The van der Waals surface area contributed by atoms with Gasteiger partial charge in [0, 0.05) is 60.5 Å². The smallest absolute Gasteiger partial charge is 0.284 e. The summed E-state index contributed by atoms with van der Waals surface area (Å²) in [6, 6.07) is 41.0. The van der Waals surface area contributed by atoms with Crippen molar-refractivity contribution in [3.05, 3.63) is 201 Å². The van der Waals surface area contributed by atoms with E-state index in [1.165, 1.54) is 18.2 Å². The Hall–Kier alpha value is -7.05. The van der Waals surface area contributed by atoms with Crippen molar-refractivity contribution in [3.8, 4) is 0 Å². The van der Waals surface area contributed by atoms with Crippen molar-refractivity contribution in [1.29, 1.82) is 0 Å². The van der Waals surface area contributed by atoms with Gasteiger partial charge in [0.2, 0.25) is 0 Å². The lowest BCUT2D eigenvalue weighted by Gasteiger charge is -2.37. The summed E-state index contributed by atoms with van der Waals surface area (Å²) in [6.07, 6.45) is 0. The lowest BCUT2D eigenvalue weighted by atomic mass is 9.77. The summed E-state index contributed by atoms with van der Waals surface area (Å²) in [5, 5.41) is 20.7. The van der Waals surface area contributed by atoms with Gasteiger partial charge in [-0.1, -0.05) is 91.0 Å². The molecule has 1 N–H and O–H groups in total. The first kappa shape index (κ1) is 36.9. The summed E-state index contributed by atoms with van der Waals surface area (Å²) in [4.78, 5) is 44.2. The number of anilines is 2. The molecule has 1 saturated heterocycles. The molecule has 10 nitrogen and oxygen atoms in total. The number of likely N-dealkylation sites (N-methyl/N-ethyl adjacent to an activating group) is 1. The fourth-order valence-electron chi connectivity index (χ4n) is 7.66. The van der Waals surface area contributed by atoms with Crippen LogP contribution in [0.2, 0.25) is 0 Å². The average molecular weight is 763 g/mol. The van der Waals surface area contributed by atoms with E-state index in [-0.39, 0.29) is 28.2 Å². The SMILES string of the molecule is CN1CCN(c2ccc(C(=O)Nc3nn(C(c4ccccc4)(c4ccccc4)c4ccccc4)c4ccc(C(=O)c5cc(F)cc(F)c5)cc34)c([N+](=O)[O-])c2)CC1. The Labute approximate surface area is 326 Å². The van der Waals surface area contributed by atoms with Crippen LogP contribution in [0.15, 0.2) is 146 Å². The zero-order chi connectivity index (χ0) is 39.7. The van der Waals surface area contributed by atoms with Crippen LogP contribution in [0.25, 0.3) is 10.9 Å². The van der Waals surface area contributed by atoms with Gasteiger partial charge in [-0.15, -0.1) is 0 Å². The van der Waals surface area contributed by atoms with Crippen LogP contribution in [-0.2, 0) is 5.54 Å². The summed E-state index contributed by atoms with van der Waals surface area (Å²) in [5.41, 5.74) is 1.79. The number of nitrogens with one attached hydrogen (secondary N) is 1. The van der Waals surface area contributed by atoms with Crippen molar-refractivity contribution in [1.82, 2.24) is 14.7 Å². The van der Waals surface area contributed by atoms with Crippen LogP contribution >= 0.6 is 0 Å². The summed E-state index contributed by atoms with van der Waals surface area (Å²) in [7, 11) is 2.02. The molecule has 6 aromatic carbocycles. The highest BCUT2D eigenvalue weighted by Crippen LogP contribution is 2.44. The second-order valence-electron chi connectivity index (χ2n) is 14.0. The minimum absolute atomic E-state index is 0.0136. The van der Waals surface area contributed by atoms with Crippen LogP contribution in [0.5, 0.6) is 0 Å². The molecule has 0 aliphatic carbocycles. The number of fused-ring (bicyclic) bond motifs is 1. The quantitative estimate of drug-likeness (QED) is 0.0646. The summed E-state index contributed by atoms with van der Waals surface area (Å²) in [6.45, 7) is 2.94. The molecule has 0 radical (unpaired) electrons. The molecule has 1 fully saturated rings. The zero-order valence-corrected chi connectivity index (χ0v) is 30.8. The number of hydrogen-bond acceptors (Lipinski definition) is 7. The molecule has 0 unspecified atom stereocenters. The predicted molar refractivity (Wildman–Crippen MR) is 215 cm³/mol. The van der Waals surface area contributed by atoms with Crippen LogP contribution in [0.3, 0.4) is 0 Å². The molecule has 8 rings (SSSR count). The first-order chi connectivity index (χ1) is 27.6. The highest BCUT2D eigenvalue weighted by Gasteiger charge is 2.41. The highest BCUT2D eigenvalue weighted by molar-refractivity contribution is 6.14. The zero-order valence-electron chi connectivity index (χ0n) is 30.8. The molecule has 12 heteroatoms. The van der Waals surface area contributed by atoms with Crippen molar-refractivity contribution < 1.29 is 23.3 Å². The molecule has 1 amide bonds. The standard InChI is InChI=1S/C45H36F2N6O4/c1-50-21-23-51(24-22-50)37-18-19-38(41(29-37)53(56)57)44(55)48-43-39-27-30(42(54)31-25-35(46)28-36(47)26-31)17-20-40(39)52(49-43)45(32-11-5-2-6-12-32,33-13-7-3-8-14-33)34-15-9-4-10-16-34/h2-20,25-29H,21-24H2,1H3,(H,48,49,55). The van der Waals surface area contributed by atoms with Crippen LogP contribution in [-0.4, -0.2) is 64.5 Å². The van der Waals surface area contributed by atoms with E-state index in [1.54, 1.807) is 22.9 Å². The van der Waals surface area contributed by atoms with Crippen molar-refractivity contribution in [2.24, 2.45) is 0 Å². The van der Waals surface area contributed by atoms with Gasteiger partial charge >= 0.3 is 0 Å². The maximum absolute atomic E-state index is 14.3. The van der Waals surface area contributed by atoms with E-state index in [1.807, 2.05) is 103 Å². The average Bonchev–Trinajstić information content (AvgIpc) is 3.58. The van der Waals surface area contributed by atoms with E-state index in [4.69, 9.17) is 5.10 Å². The molecule has 7 aromatic rings. The highest BCUT2D eigenvalue weighted by atomic mass is 19.1. The number of nitrogens with zero attached hydrogens (tertiary/aromatic N) is 5. The van der Waals surface area contributed by atoms with Gasteiger partial charge in [-0.3, -0.25) is 19.7 Å². The summed E-state index contributed by atoms with van der Waals surface area (Å²) in [5.74, 6) is -3.24. The third kappa shape index (κ3) is 6.91. The van der Waals surface area contributed by atoms with Gasteiger partial charge in [-0.05, 0) is 66.2 Å². The van der Waals surface area contributed by atoms with Gasteiger partial charge in [-0.2, -0.15) is 5.10 Å². The topological polar surface area (TPSA) is 114 Å². The molecule has 0 atom stereocenters. The molecule has 0 bridgehead atoms. The molecule has 284 valence electrons. The monoisotopic (exact) mass is 762 g/mol. The molecule has 0 saturated carbocycles. The maximum Gasteiger partial charge on any atom is 0.284 e. The van der Waals surface area contributed by atoms with Crippen molar-refractivity contribution >= 4 is 39.8 Å². The Balaban J connectivity index is 1.33. The first-order valence-electron chi connectivity index (χ1n) is 18.4. The summed E-state index contributed by atoms with van der Waals surface area (Å²) >= 11 is 0. The normalized spacial score (nSPS) is 13.4. The number of aromatic nitrogens is 2. The maximum atomic E-state index is 14.3. The lowest BCUT2D eigenvalue weighted by Crippen LogP contribution is -2.44.